The Balaban J connectivity index is 0.00000144. The van der Waals surface area contributed by atoms with Crippen LogP contribution < -0.4 is 18.1 Å². The molecule has 1 heterocycles. The maximum atomic E-state index is 11.2. The van der Waals surface area contributed by atoms with E-state index in [0.717, 1.165) is 16.5 Å². The maximum absolute atomic E-state index is 11.2. The number of H-pyrrole nitrogens is 1. The Bertz CT molecular complexity index is 510. The van der Waals surface area contributed by atoms with Crippen molar-refractivity contribution in [3.8, 4) is 0 Å². The number of aromatic amines is 1. The Kier molecular flexibility index (Phi) is 4.54. The standard InChI is InChI=1S/C12H14N2O2.ClH/c1-16-12(15)10(13)6-8-7-14-11-5-3-2-4-9(8)11;/h2-5,7,10,14H,6,13H2,1H3;1H/p-1. The molecule has 92 valence electrons. The third kappa shape index (κ3) is 2.78. The molecule has 17 heavy (non-hydrogen) atoms. The number of para-hydroxylation sites is 1. The van der Waals surface area contributed by atoms with Crippen LogP contribution in [-0.4, -0.2) is 24.1 Å². The molecular weight excluding hydrogens is 240 g/mol. The normalized spacial score (nSPS) is 11.9. The Hall–Kier alpha value is -1.52. The van der Waals surface area contributed by atoms with Gasteiger partial charge in [-0.15, -0.1) is 0 Å². The first-order chi connectivity index (χ1) is 7.72. The molecule has 1 aromatic carbocycles. The summed E-state index contributed by atoms with van der Waals surface area (Å²) in [6, 6.07) is 7.31. The van der Waals surface area contributed by atoms with Crippen LogP contribution in [0.15, 0.2) is 30.5 Å². The second kappa shape index (κ2) is 5.70. The summed E-state index contributed by atoms with van der Waals surface area (Å²) in [7, 11) is 1.34. The summed E-state index contributed by atoms with van der Waals surface area (Å²) < 4.78 is 4.60. The maximum Gasteiger partial charge on any atom is 0.322 e. The molecule has 0 bridgehead atoms. The van der Waals surface area contributed by atoms with Gasteiger partial charge in [-0.25, -0.2) is 0 Å². The molecule has 0 amide bonds. The molecule has 1 atom stereocenters. The minimum absolute atomic E-state index is 0. The molecule has 2 aromatic rings. The molecule has 0 aliphatic rings. The largest absolute Gasteiger partial charge is 1.00 e. The van der Waals surface area contributed by atoms with Crippen molar-refractivity contribution >= 4 is 16.9 Å². The van der Waals surface area contributed by atoms with E-state index >= 15 is 0 Å². The van der Waals surface area contributed by atoms with Crippen molar-refractivity contribution in [1.82, 2.24) is 4.98 Å². The number of benzene rings is 1. The van der Waals surface area contributed by atoms with Crippen LogP contribution >= 0.6 is 0 Å². The summed E-state index contributed by atoms with van der Waals surface area (Å²) in [6.07, 6.45) is 2.37. The first-order valence-electron chi connectivity index (χ1n) is 5.11. The highest BCUT2D eigenvalue weighted by Crippen LogP contribution is 2.18. The Labute approximate surface area is 106 Å². The lowest BCUT2D eigenvalue weighted by molar-refractivity contribution is -0.142. The van der Waals surface area contributed by atoms with E-state index in [1.54, 1.807) is 0 Å². The third-order valence-corrected chi connectivity index (χ3v) is 2.62. The molecule has 0 radical (unpaired) electrons. The van der Waals surface area contributed by atoms with Crippen molar-refractivity contribution in [3.63, 3.8) is 0 Å². The minimum atomic E-state index is -0.607. The highest BCUT2D eigenvalue weighted by molar-refractivity contribution is 5.84. The van der Waals surface area contributed by atoms with E-state index in [0.29, 0.717) is 6.42 Å². The molecular formula is C12H14ClN2O2-. The molecule has 2 rings (SSSR count). The molecule has 5 heteroatoms. The van der Waals surface area contributed by atoms with Crippen LogP contribution in [-0.2, 0) is 16.0 Å². The number of fused-ring (bicyclic) bond motifs is 1. The van der Waals surface area contributed by atoms with Crippen molar-refractivity contribution in [1.29, 1.82) is 0 Å². The van der Waals surface area contributed by atoms with E-state index < -0.39 is 6.04 Å². The van der Waals surface area contributed by atoms with Gasteiger partial charge >= 0.3 is 5.97 Å². The van der Waals surface area contributed by atoms with Crippen molar-refractivity contribution < 1.29 is 21.9 Å². The number of rotatable bonds is 3. The van der Waals surface area contributed by atoms with E-state index in [1.807, 2.05) is 30.5 Å². The average Bonchev–Trinajstić information content (AvgIpc) is 2.72. The summed E-state index contributed by atoms with van der Waals surface area (Å²) in [6.45, 7) is 0. The molecule has 0 saturated carbocycles. The number of aromatic nitrogens is 1. The van der Waals surface area contributed by atoms with Gasteiger partial charge in [-0.1, -0.05) is 18.2 Å². The number of hydrogen-bond acceptors (Lipinski definition) is 3. The van der Waals surface area contributed by atoms with Gasteiger partial charge in [-0.05, 0) is 11.6 Å². The topological polar surface area (TPSA) is 68.1 Å². The first-order valence-corrected chi connectivity index (χ1v) is 5.11. The fraction of sp³-hybridized carbons (Fsp3) is 0.250. The highest BCUT2D eigenvalue weighted by atomic mass is 35.5. The Morgan fingerprint density at radius 1 is 1.47 bits per heavy atom. The van der Waals surface area contributed by atoms with E-state index in [1.165, 1.54) is 7.11 Å². The van der Waals surface area contributed by atoms with Gasteiger partial charge in [-0.3, -0.25) is 4.79 Å². The summed E-state index contributed by atoms with van der Waals surface area (Å²) in [4.78, 5) is 14.4. The number of hydrogen-bond donors (Lipinski definition) is 2. The Morgan fingerprint density at radius 3 is 2.88 bits per heavy atom. The fourth-order valence-electron chi connectivity index (χ4n) is 1.77. The summed E-state index contributed by atoms with van der Waals surface area (Å²) >= 11 is 0. The first kappa shape index (κ1) is 13.5. The number of carbonyl (C=O) groups excluding carboxylic acids is 1. The summed E-state index contributed by atoms with van der Waals surface area (Å²) in [5.41, 5.74) is 7.81. The van der Waals surface area contributed by atoms with Crippen molar-refractivity contribution in [2.24, 2.45) is 5.73 Å². The zero-order valence-electron chi connectivity index (χ0n) is 9.44. The molecule has 0 aliphatic heterocycles. The predicted octanol–water partition coefficient (Wildman–Crippen LogP) is -1.79. The summed E-state index contributed by atoms with van der Waals surface area (Å²) in [5, 5.41) is 1.10. The van der Waals surface area contributed by atoms with Gasteiger partial charge in [0.05, 0.1) is 7.11 Å². The lowest BCUT2D eigenvalue weighted by Crippen LogP contribution is -3.00. The Morgan fingerprint density at radius 2 is 2.18 bits per heavy atom. The van der Waals surface area contributed by atoms with Crippen LogP contribution in [0.25, 0.3) is 10.9 Å². The zero-order chi connectivity index (χ0) is 11.5. The van der Waals surface area contributed by atoms with Gasteiger partial charge in [0, 0.05) is 23.5 Å². The average molecular weight is 254 g/mol. The van der Waals surface area contributed by atoms with E-state index in [4.69, 9.17) is 5.73 Å². The van der Waals surface area contributed by atoms with Gasteiger partial charge in [0.25, 0.3) is 0 Å². The van der Waals surface area contributed by atoms with E-state index in [-0.39, 0.29) is 18.4 Å². The van der Waals surface area contributed by atoms with Crippen LogP contribution in [0.2, 0.25) is 0 Å². The zero-order valence-corrected chi connectivity index (χ0v) is 10.2. The second-order valence-electron chi connectivity index (χ2n) is 3.69. The molecule has 0 fully saturated rings. The number of esters is 1. The van der Waals surface area contributed by atoms with Crippen molar-refractivity contribution in [3.05, 3.63) is 36.0 Å². The van der Waals surface area contributed by atoms with Crippen LogP contribution in [0.4, 0.5) is 0 Å². The predicted molar refractivity (Wildman–Crippen MR) is 62.0 cm³/mol. The van der Waals surface area contributed by atoms with E-state index in [9.17, 15) is 4.79 Å². The van der Waals surface area contributed by atoms with Gasteiger partial charge in [0.1, 0.15) is 6.04 Å². The smallest absolute Gasteiger partial charge is 0.322 e. The van der Waals surface area contributed by atoms with Crippen LogP contribution in [0.3, 0.4) is 0 Å². The number of halogens is 1. The summed E-state index contributed by atoms with van der Waals surface area (Å²) in [5.74, 6) is -0.384. The number of methoxy groups -OCH3 is 1. The van der Waals surface area contributed by atoms with Crippen LogP contribution in [0.5, 0.6) is 0 Å². The number of nitrogens with two attached hydrogens (primary N) is 1. The van der Waals surface area contributed by atoms with E-state index in [2.05, 4.69) is 9.72 Å². The molecule has 0 spiro atoms. The van der Waals surface area contributed by atoms with Crippen molar-refractivity contribution in [2.45, 2.75) is 12.5 Å². The minimum Gasteiger partial charge on any atom is -1.00 e. The third-order valence-electron chi connectivity index (χ3n) is 2.62. The second-order valence-corrected chi connectivity index (χ2v) is 3.69. The highest BCUT2D eigenvalue weighted by Gasteiger charge is 2.16. The van der Waals surface area contributed by atoms with Gasteiger partial charge in [0.2, 0.25) is 0 Å². The number of carbonyl (C=O) groups is 1. The SMILES string of the molecule is COC(=O)C(N)Cc1c[nH]c2ccccc12.[Cl-]. The quantitative estimate of drug-likeness (QED) is 0.636. The molecule has 0 aliphatic carbocycles. The van der Waals surface area contributed by atoms with Crippen LogP contribution in [0.1, 0.15) is 5.56 Å². The molecule has 1 unspecified atom stereocenters. The number of nitrogens with one attached hydrogen (secondary N) is 1. The lowest BCUT2D eigenvalue weighted by Gasteiger charge is -2.07. The van der Waals surface area contributed by atoms with Crippen molar-refractivity contribution in [2.75, 3.05) is 7.11 Å². The molecule has 4 nitrogen and oxygen atoms in total. The van der Waals surface area contributed by atoms with Gasteiger partial charge < -0.3 is 27.9 Å². The monoisotopic (exact) mass is 253 g/mol. The number of ether oxygens (including phenoxy) is 1. The van der Waals surface area contributed by atoms with Gasteiger partial charge in [0.15, 0.2) is 0 Å². The van der Waals surface area contributed by atoms with Gasteiger partial charge in [-0.2, -0.15) is 0 Å². The molecule has 3 N–H and O–H groups in total. The molecule has 1 aromatic heterocycles. The van der Waals surface area contributed by atoms with Crippen LogP contribution in [0, 0.1) is 0 Å². The lowest BCUT2D eigenvalue weighted by atomic mass is 10.1. The fourth-order valence-corrected chi connectivity index (χ4v) is 1.77. The molecule has 0 saturated heterocycles.